The van der Waals surface area contributed by atoms with Gasteiger partial charge in [-0.3, -0.25) is 9.59 Å². The number of methoxy groups -OCH3 is 2. The first-order chi connectivity index (χ1) is 17.4. The fraction of sp³-hybridized carbons (Fsp3) is 0.241. The number of benzene rings is 3. The summed E-state index contributed by atoms with van der Waals surface area (Å²) in [4.78, 5) is 25.7. The monoisotopic (exact) mass is 486 g/mol. The summed E-state index contributed by atoms with van der Waals surface area (Å²) >= 11 is 0. The van der Waals surface area contributed by atoms with Gasteiger partial charge in [0.1, 0.15) is 17.2 Å². The molecule has 7 heteroatoms. The third-order valence-electron chi connectivity index (χ3n) is 6.15. The molecule has 0 fully saturated rings. The van der Waals surface area contributed by atoms with Crippen molar-refractivity contribution < 1.29 is 33.3 Å². The van der Waals surface area contributed by atoms with Crippen LogP contribution in [0.1, 0.15) is 53.2 Å². The molecule has 0 spiro atoms. The second-order valence-corrected chi connectivity index (χ2v) is 8.87. The van der Waals surface area contributed by atoms with Crippen LogP contribution in [0.3, 0.4) is 0 Å². The topological polar surface area (TPSA) is 80.3 Å². The smallest absolute Gasteiger partial charge is 0.312 e. The molecule has 2 heterocycles. The number of Topliss-reactive ketones (excluding diaryl/α,β-unsaturated/α-hetero) is 1. The fourth-order valence-corrected chi connectivity index (χ4v) is 4.49. The molecule has 0 N–H and O–H groups in total. The summed E-state index contributed by atoms with van der Waals surface area (Å²) in [6.45, 7) is 3.88. The number of ether oxygens (including phenoxy) is 5. The summed E-state index contributed by atoms with van der Waals surface area (Å²) in [7, 11) is 3.17. The number of esters is 1. The molecule has 184 valence electrons. The standard InChI is InChI=1S/C29H26O7/c1-16(2)34-22-11-7-18(14-24(22)33-4)21-15-26(30)35-23-12-10-20-28(31)25(36-29(20)27(21)23)13-17-5-8-19(32-3)9-6-17/h5-14,16,21H,15H2,1-4H3/b25-13-/t21-/m1/s1. The van der Waals surface area contributed by atoms with Crippen molar-refractivity contribution in [2.24, 2.45) is 0 Å². The van der Waals surface area contributed by atoms with Gasteiger partial charge in [-0.2, -0.15) is 0 Å². The molecule has 2 aliphatic rings. The van der Waals surface area contributed by atoms with E-state index >= 15 is 0 Å². The minimum atomic E-state index is -0.383. The highest BCUT2D eigenvalue weighted by atomic mass is 16.5. The Morgan fingerprint density at radius 1 is 0.917 bits per heavy atom. The van der Waals surface area contributed by atoms with E-state index in [9.17, 15) is 9.59 Å². The Labute approximate surface area is 209 Å². The van der Waals surface area contributed by atoms with Gasteiger partial charge in [0.25, 0.3) is 0 Å². The average Bonchev–Trinajstić information content (AvgIpc) is 3.18. The van der Waals surface area contributed by atoms with E-state index in [0.29, 0.717) is 34.1 Å². The van der Waals surface area contributed by atoms with Crippen molar-refractivity contribution in [2.45, 2.75) is 32.3 Å². The van der Waals surface area contributed by atoms with E-state index < -0.39 is 0 Å². The van der Waals surface area contributed by atoms with E-state index in [0.717, 1.165) is 16.9 Å². The third kappa shape index (κ3) is 4.28. The van der Waals surface area contributed by atoms with Crippen LogP contribution in [0.5, 0.6) is 28.7 Å². The van der Waals surface area contributed by atoms with Gasteiger partial charge in [0, 0.05) is 11.5 Å². The zero-order valence-corrected chi connectivity index (χ0v) is 20.5. The Morgan fingerprint density at radius 3 is 2.39 bits per heavy atom. The molecule has 7 nitrogen and oxygen atoms in total. The minimum Gasteiger partial charge on any atom is -0.497 e. The molecule has 0 bridgehead atoms. The van der Waals surface area contributed by atoms with Gasteiger partial charge in [-0.25, -0.2) is 0 Å². The summed E-state index contributed by atoms with van der Waals surface area (Å²) in [6, 6.07) is 16.2. The lowest BCUT2D eigenvalue weighted by atomic mass is 9.84. The third-order valence-corrected chi connectivity index (χ3v) is 6.15. The van der Waals surface area contributed by atoms with Crippen molar-refractivity contribution in [1.82, 2.24) is 0 Å². The number of rotatable bonds is 6. The van der Waals surface area contributed by atoms with Crippen LogP contribution in [0.15, 0.2) is 60.4 Å². The normalized spacial score (nSPS) is 17.4. The lowest BCUT2D eigenvalue weighted by molar-refractivity contribution is -0.135. The van der Waals surface area contributed by atoms with Crippen LogP contribution in [0.4, 0.5) is 0 Å². The number of carbonyl (C=O) groups is 2. The summed E-state index contributed by atoms with van der Waals surface area (Å²) in [5, 5.41) is 0. The second kappa shape index (κ2) is 9.41. The van der Waals surface area contributed by atoms with Crippen LogP contribution < -0.4 is 23.7 Å². The number of allylic oxidation sites excluding steroid dienone is 1. The highest BCUT2D eigenvalue weighted by Gasteiger charge is 2.38. The lowest BCUT2D eigenvalue weighted by Crippen LogP contribution is -2.21. The van der Waals surface area contributed by atoms with E-state index in [2.05, 4.69) is 0 Å². The maximum atomic E-state index is 13.2. The minimum absolute atomic E-state index is 0.0197. The predicted molar refractivity (Wildman–Crippen MR) is 133 cm³/mol. The molecule has 3 aromatic rings. The highest BCUT2D eigenvalue weighted by molar-refractivity contribution is 6.15. The molecule has 2 aliphatic heterocycles. The van der Waals surface area contributed by atoms with E-state index in [4.69, 9.17) is 23.7 Å². The van der Waals surface area contributed by atoms with Gasteiger partial charge >= 0.3 is 5.97 Å². The van der Waals surface area contributed by atoms with Crippen LogP contribution in [0, 0.1) is 0 Å². The Hall–Kier alpha value is -4.26. The molecule has 36 heavy (non-hydrogen) atoms. The van der Waals surface area contributed by atoms with E-state index in [-0.39, 0.29) is 36.0 Å². The maximum Gasteiger partial charge on any atom is 0.312 e. The zero-order valence-electron chi connectivity index (χ0n) is 20.5. The lowest BCUT2D eigenvalue weighted by Gasteiger charge is -2.27. The summed E-state index contributed by atoms with van der Waals surface area (Å²) in [5.74, 6) is 1.94. The molecular formula is C29H26O7. The molecule has 3 aromatic carbocycles. The number of hydrogen-bond donors (Lipinski definition) is 0. The Morgan fingerprint density at radius 2 is 1.69 bits per heavy atom. The van der Waals surface area contributed by atoms with Gasteiger partial charge < -0.3 is 23.7 Å². The van der Waals surface area contributed by atoms with Crippen molar-refractivity contribution in [2.75, 3.05) is 14.2 Å². The highest BCUT2D eigenvalue weighted by Crippen LogP contribution is 2.49. The van der Waals surface area contributed by atoms with Gasteiger partial charge in [0.05, 0.1) is 32.3 Å². The summed E-state index contributed by atoms with van der Waals surface area (Å²) < 4.78 is 28.3. The van der Waals surface area contributed by atoms with Gasteiger partial charge in [-0.05, 0) is 67.4 Å². The first kappa shape index (κ1) is 23.5. The number of carbonyl (C=O) groups excluding carboxylic acids is 2. The first-order valence-electron chi connectivity index (χ1n) is 11.7. The maximum absolute atomic E-state index is 13.2. The Kier molecular flexibility index (Phi) is 6.14. The van der Waals surface area contributed by atoms with Gasteiger partial charge in [-0.1, -0.05) is 18.2 Å². The summed E-state index contributed by atoms with van der Waals surface area (Å²) in [6.07, 6.45) is 1.78. The van der Waals surface area contributed by atoms with Crippen molar-refractivity contribution in [1.29, 1.82) is 0 Å². The van der Waals surface area contributed by atoms with Crippen molar-refractivity contribution in [3.63, 3.8) is 0 Å². The van der Waals surface area contributed by atoms with E-state index in [1.165, 1.54) is 0 Å². The van der Waals surface area contributed by atoms with Crippen molar-refractivity contribution in [3.05, 3.63) is 82.6 Å². The quantitative estimate of drug-likeness (QED) is 0.257. The van der Waals surface area contributed by atoms with Crippen LogP contribution in [-0.2, 0) is 4.79 Å². The van der Waals surface area contributed by atoms with Crippen molar-refractivity contribution >= 4 is 17.8 Å². The largest absolute Gasteiger partial charge is 0.497 e. The zero-order chi connectivity index (χ0) is 25.4. The van der Waals surface area contributed by atoms with Gasteiger partial charge in [0.15, 0.2) is 17.3 Å². The Bertz CT molecular complexity index is 1370. The molecule has 0 amide bonds. The first-order valence-corrected chi connectivity index (χ1v) is 11.7. The number of ketones is 1. The summed E-state index contributed by atoms with van der Waals surface area (Å²) in [5.41, 5.74) is 2.73. The molecular weight excluding hydrogens is 460 g/mol. The molecule has 0 aliphatic carbocycles. The second-order valence-electron chi connectivity index (χ2n) is 8.87. The fourth-order valence-electron chi connectivity index (χ4n) is 4.49. The van der Waals surface area contributed by atoms with Gasteiger partial charge in [-0.15, -0.1) is 0 Å². The molecule has 0 unspecified atom stereocenters. The molecule has 1 atom stereocenters. The molecule has 0 radical (unpaired) electrons. The predicted octanol–water partition coefficient (Wildman–Crippen LogP) is 5.55. The number of fused-ring (bicyclic) bond motifs is 3. The average molecular weight is 487 g/mol. The van der Waals surface area contributed by atoms with Crippen LogP contribution in [0.25, 0.3) is 6.08 Å². The van der Waals surface area contributed by atoms with Crippen LogP contribution in [-0.4, -0.2) is 32.1 Å². The van der Waals surface area contributed by atoms with E-state index in [1.54, 1.807) is 32.4 Å². The van der Waals surface area contributed by atoms with Crippen LogP contribution in [0.2, 0.25) is 0 Å². The molecule has 0 aromatic heterocycles. The van der Waals surface area contributed by atoms with E-state index in [1.807, 2.05) is 56.3 Å². The van der Waals surface area contributed by atoms with Crippen LogP contribution >= 0.6 is 0 Å². The SMILES string of the molecule is COc1ccc(/C=C2\Oc3c(ccc4c3[C@@H](c3ccc(OC(C)C)c(OC)c3)CC(=O)O4)C2=O)cc1. The van der Waals surface area contributed by atoms with Crippen molar-refractivity contribution in [3.8, 4) is 28.7 Å². The Balaban J connectivity index is 1.56. The number of hydrogen-bond acceptors (Lipinski definition) is 7. The molecule has 0 saturated heterocycles. The van der Waals surface area contributed by atoms with Gasteiger partial charge in [0.2, 0.25) is 5.78 Å². The molecule has 5 rings (SSSR count). The molecule has 0 saturated carbocycles.